The van der Waals surface area contributed by atoms with Crippen LogP contribution >= 0.6 is 0 Å². The summed E-state index contributed by atoms with van der Waals surface area (Å²) in [5, 5.41) is 7.10. The van der Waals surface area contributed by atoms with E-state index in [1.165, 1.54) is 18.5 Å². The van der Waals surface area contributed by atoms with E-state index in [9.17, 15) is 4.79 Å². The summed E-state index contributed by atoms with van der Waals surface area (Å²) in [6.07, 6.45) is 2.95. The number of amides is 1. The van der Waals surface area contributed by atoms with Gasteiger partial charge in [-0.05, 0) is 49.6 Å². The van der Waals surface area contributed by atoms with E-state index in [2.05, 4.69) is 27.5 Å². The maximum Gasteiger partial charge on any atom is 0.271 e. The number of carbonyl (C=O) groups is 1. The van der Waals surface area contributed by atoms with Gasteiger partial charge in [0.2, 0.25) is 5.60 Å². The van der Waals surface area contributed by atoms with Crippen molar-refractivity contribution in [2.45, 2.75) is 31.8 Å². The predicted molar refractivity (Wildman–Crippen MR) is 104 cm³/mol. The Hall–Kier alpha value is -2.82. The zero-order valence-corrected chi connectivity index (χ0v) is 14.9. The molecule has 0 radical (unpaired) electrons. The summed E-state index contributed by atoms with van der Waals surface area (Å²) >= 11 is 0. The van der Waals surface area contributed by atoms with Crippen LogP contribution in [0.2, 0.25) is 0 Å². The first-order valence-corrected chi connectivity index (χ1v) is 9.11. The van der Waals surface area contributed by atoms with Crippen LogP contribution in [-0.4, -0.2) is 30.3 Å². The fourth-order valence-corrected chi connectivity index (χ4v) is 3.44. The van der Waals surface area contributed by atoms with Crippen molar-refractivity contribution in [1.29, 1.82) is 0 Å². The molecule has 2 heterocycles. The molecule has 5 heteroatoms. The van der Waals surface area contributed by atoms with Crippen LogP contribution in [-0.2, 0) is 9.63 Å². The fraction of sp³-hybridized carbons (Fsp3) is 0.333. The monoisotopic (exact) mass is 349 g/mol. The number of oxime groups is 1. The van der Waals surface area contributed by atoms with E-state index in [-0.39, 0.29) is 5.91 Å². The molecule has 0 unspecified atom stereocenters. The molecular formula is C21H23N3O2. The number of anilines is 2. The highest BCUT2D eigenvalue weighted by molar-refractivity contribution is 6.07. The van der Waals surface area contributed by atoms with Crippen molar-refractivity contribution >= 4 is 23.0 Å². The molecule has 1 saturated heterocycles. The Morgan fingerprint density at radius 3 is 2.46 bits per heavy atom. The quantitative estimate of drug-likeness (QED) is 0.913. The Morgan fingerprint density at radius 1 is 1.08 bits per heavy atom. The Bertz CT molecular complexity index is 811. The van der Waals surface area contributed by atoms with Crippen molar-refractivity contribution in [1.82, 2.24) is 0 Å². The normalized spacial score (nSPS) is 22.0. The Balaban J connectivity index is 1.40. The van der Waals surface area contributed by atoms with Crippen molar-refractivity contribution in [2.24, 2.45) is 5.16 Å². The molecule has 0 bridgehead atoms. The molecular weight excluding hydrogens is 326 g/mol. The van der Waals surface area contributed by atoms with E-state index >= 15 is 0 Å². The first-order chi connectivity index (χ1) is 12.6. The minimum Gasteiger partial charge on any atom is -0.379 e. The summed E-state index contributed by atoms with van der Waals surface area (Å²) in [6, 6.07) is 17.8. The zero-order valence-electron chi connectivity index (χ0n) is 14.9. The highest BCUT2D eigenvalue weighted by atomic mass is 16.7. The summed E-state index contributed by atoms with van der Waals surface area (Å²) < 4.78 is 0. The van der Waals surface area contributed by atoms with Gasteiger partial charge in [0.05, 0.1) is 5.71 Å². The first-order valence-electron chi connectivity index (χ1n) is 9.11. The number of nitrogens with zero attached hydrogens (tertiary/aromatic N) is 2. The highest BCUT2D eigenvalue weighted by Gasteiger charge is 2.42. The molecule has 0 spiro atoms. The van der Waals surface area contributed by atoms with Crippen molar-refractivity contribution in [2.75, 3.05) is 23.3 Å². The lowest BCUT2D eigenvalue weighted by Crippen LogP contribution is -2.40. The number of hydrogen-bond donors (Lipinski definition) is 1. The van der Waals surface area contributed by atoms with Gasteiger partial charge in [-0.25, -0.2) is 0 Å². The van der Waals surface area contributed by atoms with Gasteiger partial charge in [-0.15, -0.1) is 0 Å². The topological polar surface area (TPSA) is 53.9 Å². The Labute approximate surface area is 153 Å². The molecule has 0 aromatic heterocycles. The van der Waals surface area contributed by atoms with Crippen LogP contribution in [0.1, 0.15) is 31.7 Å². The molecule has 0 saturated carbocycles. The molecule has 1 amide bonds. The van der Waals surface area contributed by atoms with E-state index in [0.29, 0.717) is 6.42 Å². The van der Waals surface area contributed by atoms with Gasteiger partial charge in [0.25, 0.3) is 5.91 Å². The van der Waals surface area contributed by atoms with Gasteiger partial charge in [0, 0.05) is 30.9 Å². The van der Waals surface area contributed by atoms with Crippen molar-refractivity contribution in [3.8, 4) is 0 Å². The molecule has 134 valence electrons. The molecule has 5 nitrogen and oxygen atoms in total. The van der Waals surface area contributed by atoms with Gasteiger partial charge >= 0.3 is 0 Å². The number of hydrogen-bond acceptors (Lipinski definition) is 4. The summed E-state index contributed by atoms with van der Waals surface area (Å²) in [6.45, 7) is 3.99. The lowest BCUT2D eigenvalue weighted by atomic mass is 9.95. The molecule has 2 aromatic rings. The molecule has 2 aliphatic heterocycles. The maximum absolute atomic E-state index is 12.7. The molecule has 0 aliphatic carbocycles. The van der Waals surface area contributed by atoms with E-state index in [0.717, 1.165) is 30.1 Å². The Morgan fingerprint density at radius 2 is 1.77 bits per heavy atom. The minimum atomic E-state index is -0.987. The average molecular weight is 349 g/mol. The SMILES string of the molecule is C[C@]1(C(=O)Nc2ccc(N3CCCC3)cc2)CC(c2ccccc2)=NO1. The van der Waals surface area contributed by atoms with Gasteiger partial charge < -0.3 is 15.1 Å². The largest absolute Gasteiger partial charge is 0.379 e. The van der Waals surface area contributed by atoms with E-state index in [4.69, 9.17) is 4.84 Å². The van der Waals surface area contributed by atoms with Crippen LogP contribution in [0.3, 0.4) is 0 Å². The van der Waals surface area contributed by atoms with Crippen LogP contribution < -0.4 is 10.2 Å². The van der Waals surface area contributed by atoms with E-state index < -0.39 is 5.60 Å². The Kier molecular flexibility index (Phi) is 4.37. The van der Waals surface area contributed by atoms with Gasteiger partial charge in [0.15, 0.2) is 0 Å². The van der Waals surface area contributed by atoms with Gasteiger partial charge in [0.1, 0.15) is 0 Å². The summed E-state index contributed by atoms with van der Waals surface area (Å²) in [7, 11) is 0. The number of benzene rings is 2. The summed E-state index contributed by atoms with van der Waals surface area (Å²) in [4.78, 5) is 20.6. The zero-order chi connectivity index (χ0) is 18.0. The van der Waals surface area contributed by atoms with Gasteiger partial charge in [-0.2, -0.15) is 0 Å². The van der Waals surface area contributed by atoms with Gasteiger partial charge in [-0.1, -0.05) is 35.5 Å². The molecule has 4 rings (SSSR count). The van der Waals surface area contributed by atoms with Gasteiger partial charge in [-0.3, -0.25) is 4.79 Å². The predicted octanol–water partition coefficient (Wildman–Crippen LogP) is 3.81. The van der Waals surface area contributed by atoms with Crippen LogP contribution in [0, 0.1) is 0 Å². The molecule has 1 N–H and O–H groups in total. The highest BCUT2D eigenvalue weighted by Crippen LogP contribution is 2.29. The number of nitrogens with one attached hydrogen (secondary N) is 1. The van der Waals surface area contributed by atoms with E-state index in [1.807, 2.05) is 42.5 Å². The van der Waals surface area contributed by atoms with E-state index in [1.54, 1.807) is 6.92 Å². The third-order valence-corrected chi connectivity index (χ3v) is 5.05. The second-order valence-electron chi connectivity index (χ2n) is 7.10. The average Bonchev–Trinajstić information content (AvgIpc) is 3.34. The van der Waals surface area contributed by atoms with Crippen molar-refractivity contribution < 1.29 is 9.63 Å². The standard InChI is InChI=1S/C21H23N3O2/c1-21(15-19(23-26-21)16-7-3-2-4-8-16)20(25)22-17-9-11-18(12-10-17)24-13-5-6-14-24/h2-4,7-12H,5-6,13-15H2,1H3,(H,22,25)/t21-/m1/s1. The molecule has 1 atom stereocenters. The third kappa shape index (κ3) is 3.29. The number of carbonyl (C=O) groups excluding carboxylic acids is 1. The van der Waals surface area contributed by atoms with Crippen LogP contribution in [0.4, 0.5) is 11.4 Å². The second-order valence-corrected chi connectivity index (χ2v) is 7.10. The minimum absolute atomic E-state index is 0.180. The van der Waals surface area contributed by atoms with Crippen molar-refractivity contribution in [3.63, 3.8) is 0 Å². The fourth-order valence-electron chi connectivity index (χ4n) is 3.44. The number of rotatable bonds is 4. The first kappa shape index (κ1) is 16.6. The van der Waals surface area contributed by atoms with Crippen LogP contribution in [0.25, 0.3) is 0 Å². The van der Waals surface area contributed by atoms with Crippen LogP contribution in [0.15, 0.2) is 59.8 Å². The third-order valence-electron chi connectivity index (χ3n) is 5.05. The smallest absolute Gasteiger partial charge is 0.271 e. The van der Waals surface area contributed by atoms with Crippen molar-refractivity contribution in [3.05, 3.63) is 60.2 Å². The lowest BCUT2D eigenvalue weighted by molar-refractivity contribution is -0.135. The molecule has 26 heavy (non-hydrogen) atoms. The summed E-state index contributed by atoms with van der Waals surface area (Å²) in [5.41, 5.74) is 2.78. The maximum atomic E-state index is 12.7. The lowest BCUT2D eigenvalue weighted by Gasteiger charge is -2.21. The summed E-state index contributed by atoms with van der Waals surface area (Å²) in [5.74, 6) is -0.180. The van der Waals surface area contributed by atoms with Crippen LogP contribution in [0.5, 0.6) is 0 Å². The second kappa shape index (κ2) is 6.83. The molecule has 1 fully saturated rings. The molecule has 2 aromatic carbocycles. The molecule has 2 aliphatic rings.